The lowest BCUT2D eigenvalue weighted by atomic mass is 9.82. The molecule has 0 aromatic heterocycles. The van der Waals surface area contributed by atoms with Crippen LogP contribution in [0.4, 0.5) is 13.2 Å². The highest BCUT2D eigenvalue weighted by Gasteiger charge is 2.41. The van der Waals surface area contributed by atoms with Gasteiger partial charge in [0.2, 0.25) is 0 Å². The van der Waals surface area contributed by atoms with Crippen LogP contribution in [-0.4, -0.2) is 27.5 Å². The molecule has 1 aliphatic rings. The van der Waals surface area contributed by atoms with Crippen LogP contribution in [0.2, 0.25) is 0 Å². The maximum Gasteiger partial charge on any atom is 0.391 e. The largest absolute Gasteiger partial charge is 0.391 e. The van der Waals surface area contributed by atoms with Crippen LogP contribution in [-0.2, 0) is 14.3 Å². The third kappa shape index (κ3) is 4.69. The Balaban J connectivity index is 2.33. The van der Waals surface area contributed by atoms with E-state index in [1.807, 2.05) is 0 Å². The summed E-state index contributed by atoms with van der Waals surface area (Å²) in [7, 11) is -3.49. The Morgan fingerprint density at radius 1 is 1.19 bits per heavy atom. The summed E-state index contributed by atoms with van der Waals surface area (Å²) in [6.07, 6.45) is -2.29. The van der Waals surface area contributed by atoms with Crippen LogP contribution in [0.3, 0.4) is 0 Å². The molecule has 0 atom stereocenters. The normalized spacial score (nSPS) is 28.0. The Morgan fingerprint density at radius 2 is 1.69 bits per heavy atom. The minimum atomic E-state index is -4.12. The Kier molecular flexibility index (Phi) is 4.23. The van der Waals surface area contributed by atoms with Crippen LogP contribution in [0.15, 0.2) is 0 Å². The van der Waals surface area contributed by atoms with Crippen LogP contribution in [0.1, 0.15) is 25.7 Å². The molecular formula is C9H15F3O3S. The zero-order valence-corrected chi connectivity index (χ0v) is 9.77. The molecule has 96 valence electrons. The first-order valence-electron chi connectivity index (χ1n) is 5.09. The fourth-order valence-corrected chi connectivity index (χ4v) is 2.32. The number of hydrogen-bond acceptors (Lipinski definition) is 3. The van der Waals surface area contributed by atoms with Crippen molar-refractivity contribution in [3.63, 3.8) is 0 Å². The van der Waals surface area contributed by atoms with Crippen molar-refractivity contribution >= 4 is 10.1 Å². The standard InChI is InChI=1S/C9H15F3O3S/c1-16(13,14)15-6-7-2-4-8(5-3-7)9(10,11)12/h7-8H,2-6H2,1H3. The molecular weight excluding hydrogens is 245 g/mol. The molecule has 3 nitrogen and oxygen atoms in total. The van der Waals surface area contributed by atoms with Crippen molar-refractivity contribution in [1.82, 2.24) is 0 Å². The minimum Gasteiger partial charge on any atom is -0.270 e. The number of halogens is 3. The van der Waals surface area contributed by atoms with Crippen molar-refractivity contribution in [2.75, 3.05) is 12.9 Å². The third-order valence-electron chi connectivity index (χ3n) is 2.83. The second kappa shape index (κ2) is 4.91. The molecule has 1 fully saturated rings. The van der Waals surface area contributed by atoms with E-state index in [1.54, 1.807) is 0 Å². The van der Waals surface area contributed by atoms with Gasteiger partial charge in [-0.3, -0.25) is 4.18 Å². The van der Waals surface area contributed by atoms with Crippen LogP contribution >= 0.6 is 0 Å². The zero-order chi connectivity index (χ0) is 12.4. The molecule has 0 N–H and O–H groups in total. The van der Waals surface area contributed by atoms with E-state index in [4.69, 9.17) is 0 Å². The zero-order valence-electron chi connectivity index (χ0n) is 8.96. The molecule has 0 aromatic carbocycles. The van der Waals surface area contributed by atoms with Crippen molar-refractivity contribution in [3.8, 4) is 0 Å². The summed E-state index contributed by atoms with van der Waals surface area (Å²) in [6.45, 7) is 0.00338. The quantitative estimate of drug-likeness (QED) is 0.731. The molecule has 0 aliphatic heterocycles. The molecule has 0 bridgehead atoms. The third-order valence-corrected chi connectivity index (χ3v) is 3.39. The van der Waals surface area contributed by atoms with Crippen LogP contribution in [0, 0.1) is 11.8 Å². The van der Waals surface area contributed by atoms with Crippen molar-refractivity contribution in [3.05, 3.63) is 0 Å². The Hall–Kier alpha value is -0.300. The lowest BCUT2D eigenvalue weighted by molar-refractivity contribution is -0.184. The molecule has 0 unspecified atom stereocenters. The molecule has 0 aromatic rings. The summed E-state index contributed by atoms with van der Waals surface area (Å²) in [6, 6.07) is 0. The van der Waals surface area contributed by atoms with E-state index in [0.717, 1.165) is 6.26 Å². The Bertz CT molecular complexity index is 315. The first-order chi connectivity index (χ1) is 7.18. The lowest BCUT2D eigenvalue weighted by Crippen LogP contribution is -2.29. The fourth-order valence-electron chi connectivity index (χ4n) is 1.88. The number of hydrogen-bond donors (Lipinski definition) is 0. The van der Waals surface area contributed by atoms with Crippen LogP contribution in [0.25, 0.3) is 0 Å². The first-order valence-corrected chi connectivity index (χ1v) is 6.91. The van der Waals surface area contributed by atoms with E-state index >= 15 is 0 Å². The van der Waals surface area contributed by atoms with Gasteiger partial charge >= 0.3 is 6.18 Å². The van der Waals surface area contributed by atoms with E-state index in [-0.39, 0.29) is 25.4 Å². The first kappa shape index (κ1) is 13.8. The van der Waals surface area contributed by atoms with Gasteiger partial charge in [-0.2, -0.15) is 21.6 Å². The van der Waals surface area contributed by atoms with Gasteiger partial charge in [-0.15, -0.1) is 0 Å². The molecule has 7 heteroatoms. The van der Waals surface area contributed by atoms with Gasteiger partial charge in [-0.1, -0.05) is 0 Å². The Labute approximate surface area is 93.1 Å². The number of rotatable bonds is 3. The SMILES string of the molecule is CS(=O)(=O)OCC1CCC(C(F)(F)F)CC1. The van der Waals surface area contributed by atoms with Crippen LogP contribution in [0.5, 0.6) is 0 Å². The molecule has 0 saturated heterocycles. The second-order valence-electron chi connectivity index (χ2n) is 4.25. The second-order valence-corrected chi connectivity index (χ2v) is 5.89. The summed E-state index contributed by atoms with van der Waals surface area (Å²) < 4.78 is 62.9. The molecule has 1 rings (SSSR count). The monoisotopic (exact) mass is 260 g/mol. The van der Waals surface area contributed by atoms with E-state index in [0.29, 0.717) is 12.8 Å². The summed E-state index contributed by atoms with van der Waals surface area (Å²) in [4.78, 5) is 0. The van der Waals surface area contributed by atoms with Gasteiger partial charge in [0.25, 0.3) is 10.1 Å². The smallest absolute Gasteiger partial charge is 0.270 e. The van der Waals surface area contributed by atoms with Crippen molar-refractivity contribution < 1.29 is 25.8 Å². The molecule has 0 radical (unpaired) electrons. The van der Waals surface area contributed by atoms with E-state index in [2.05, 4.69) is 4.18 Å². The number of alkyl halides is 3. The van der Waals surface area contributed by atoms with Crippen molar-refractivity contribution in [1.29, 1.82) is 0 Å². The van der Waals surface area contributed by atoms with Gasteiger partial charge in [-0.05, 0) is 31.6 Å². The molecule has 1 saturated carbocycles. The summed E-state index contributed by atoms with van der Waals surface area (Å²) in [5.74, 6) is -1.31. The molecule has 0 spiro atoms. The van der Waals surface area contributed by atoms with Crippen molar-refractivity contribution in [2.45, 2.75) is 31.9 Å². The molecule has 1 aliphatic carbocycles. The molecule has 0 heterocycles. The highest BCUT2D eigenvalue weighted by Crippen LogP contribution is 2.39. The maximum atomic E-state index is 12.3. The van der Waals surface area contributed by atoms with E-state index in [1.165, 1.54) is 0 Å². The van der Waals surface area contributed by atoms with Crippen molar-refractivity contribution in [2.24, 2.45) is 11.8 Å². The lowest BCUT2D eigenvalue weighted by Gasteiger charge is -2.29. The molecule has 16 heavy (non-hydrogen) atoms. The summed E-state index contributed by atoms with van der Waals surface area (Å²) >= 11 is 0. The van der Waals surface area contributed by atoms with Gasteiger partial charge in [-0.25, -0.2) is 0 Å². The summed E-state index contributed by atoms with van der Waals surface area (Å²) in [5.41, 5.74) is 0. The molecule has 0 amide bonds. The average Bonchev–Trinajstić information content (AvgIpc) is 2.13. The van der Waals surface area contributed by atoms with Gasteiger partial charge in [0.05, 0.1) is 18.8 Å². The summed E-state index contributed by atoms with van der Waals surface area (Å²) in [5, 5.41) is 0. The predicted octanol–water partition coefficient (Wildman–Crippen LogP) is 2.33. The Morgan fingerprint density at radius 3 is 2.06 bits per heavy atom. The van der Waals surface area contributed by atoms with E-state index < -0.39 is 22.2 Å². The van der Waals surface area contributed by atoms with Gasteiger partial charge < -0.3 is 0 Å². The topological polar surface area (TPSA) is 43.4 Å². The fraction of sp³-hybridized carbons (Fsp3) is 1.00. The maximum absolute atomic E-state index is 12.3. The van der Waals surface area contributed by atoms with Gasteiger partial charge in [0, 0.05) is 0 Å². The van der Waals surface area contributed by atoms with Gasteiger partial charge in [0.15, 0.2) is 0 Å². The average molecular weight is 260 g/mol. The van der Waals surface area contributed by atoms with E-state index in [9.17, 15) is 21.6 Å². The van der Waals surface area contributed by atoms with Crippen LogP contribution < -0.4 is 0 Å². The highest BCUT2D eigenvalue weighted by atomic mass is 32.2. The predicted molar refractivity (Wildman–Crippen MR) is 52.3 cm³/mol. The minimum absolute atomic E-state index is 0.00338. The highest BCUT2D eigenvalue weighted by molar-refractivity contribution is 7.85. The van der Waals surface area contributed by atoms with Gasteiger partial charge in [0.1, 0.15) is 0 Å².